The second-order valence-corrected chi connectivity index (χ2v) is 3.69. The normalized spacial score (nSPS) is 10.3. The number of aromatic nitrogens is 3. The van der Waals surface area contributed by atoms with Crippen molar-refractivity contribution in [3.8, 4) is 10.6 Å². The maximum absolute atomic E-state index is 13.1. The summed E-state index contributed by atoms with van der Waals surface area (Å²) in [6.07, 6.45) is 2.68. The molecule has 0 spiro atoms. The van der Waals surface area contributed by atoms with Gasteiger partial charge in [-0.15, -0.1) is 0 Å². The second-order valence-electron chi connectivity index (χ2n) is 2.22. The molecule has 0 radical (unpaired) electrons. The first-order chi connectivity index (χ1) is 6.27. The standard InChI is InChI=1S/C7H3BrFN3S/c8-7-11-6(13-12-7)4-1-2-10-3-5(4)9/h1-3H. The highest BCUT2D eigenvalue weighted by Crippen LogP contribution is 2.24. The molecule has 0 atom stereocenters. The number of rotatable bonds is 1. The molecule has 13 heavy (non-hydrogen) atoms. The Labute approximate surface area is 86.0 Å². The van der Waals surface area contributed by atoms with Crippen molar-refractivity contribution in [1.82, 2.24) is 14.3 Å². The molecule has 2 rings (SSSR count). The lowest BCUT2D eigenvalue weighted by Gasteiger charge is -1.94. The van der Waals surface area contributed by atoms with Crippen LogP contribution in [0.5, 0.6) is 0 Å². The Morgan fingerprint density at radius 1 is 1.46 bits per heavy atom. The van der Waals surface area contributed by atoms with E-state index in [2.05, 4.69) is 30.3 Å². The van der Waals surface area contributed by atoms with Gasteiger partial charge in [-0.3, -0.25) is 4.98 Å². The zero-order valence-corrected chi connectivity index (χ0v) is 8.64. The van der Waals surface area contributed by atoms with E-state index in [0.717, 1.165) is 17.7 Å². The molecule has 3 nitrogen and oxygen atoms in total. The van der Waals surface area contributed by atoms with Crippen LogP contribution in [0.15, 0.2) is 23.2 Å². The maximum Gasteiger partial charge on any atom is 0.209 e. The summed E-state index contributed by atoms with van der Waals surface area (Å²) in [5, 5.41) is 0.548. The van der Waals surface area contributed by atoms with Crippen molar-refractivity contribution < 1.29 is 4.39 Å². The summed E-state index contributed by atoms with van der Waals surface area (Å²) < 4.78 is 17.5. The number of hydrogen-bond acceptors (Lipinski definition) is 4. The summed E-state index contributed by atoms with van der Waals surface area (Å²) >= 11 is 4.25. The van der Waals surface area contributed by atoms with Gasteiger partial charge in [0.15, 0.2) is 5.82 Å². The summed E-state index contributed by atoms with van der Waals surface area (Å²) in [5.41, 5.74) is 0.429. The summed E-state index contributed by atoms with van der Waals surface area (Å²) in [6.45, 7) is 0. The van der Waals surface area contributed by atoms with Crippen LogP contribution in [0.2, 0.25) is 0 Å². The van der Waals surface area contributed by atoms with Crippen molar-refractivity contribution in [1.29, 1.82) is 0 Å². The molecular formula is C7H3BrFN3S. The van der Waals surface area contributed by atoms with E-state index in [1.807, 2.05) is 0 Å². The van der Waals surface area contributed by atoms with Gasteiger partial charge >= 0.3 is 0 Å². The number of nitrogens with zero attached hydrogens (tertiary/aromatic N) is 3. The zero-order valence-electron chi connectivity index (χ0n) is 6.24. The number of hydrogen-bond donors (Lipinski definition) is 0. The minimum Gasteiger partial charge on any atom is -0.262 e. The molecule has 0 fully saturated rings. The number of halogens is 2. The summed E-state index contributed by atoms with van der Waals surface area (Å²) in [7, 11) is 0. The molecule has 0 bridgehead atoms. The summed E-state index contributed by atoms with van der Waals surface area (Å²) in [4.78, 5) is 7.65. The van der Waals surface area contributed by atoms with Crippen LogP contribution in [-0.2, 0) is 0 Å². The zero-order chi connectivity index (χ0) is 9.26. The van der Waals surface area contributed by atoms with E-state index in [1.165, 1.54) is 6.20 Å². The van der Waals surface area contributed by atoms with Crippen LogP contribution >= 0.6 is 27.5 Å². The summed E-state index contributed by atoms with van der Waals surface area (Å²) in [5.74, 6) is -0.383. The van der Waals surface area contributed by atoms with Gasteiger partial charge in [0.1, 0.15) is 5.01 Å². The Balaban J connectivity index is 2.52. The smallest absolute Gasteiger partial charge is 0.209 e. The van der Waals surface area contributed by atoms with Crippen molar-refractivity contribution in [3.63, 3.8) is 0 Å². The molecule has 0 aromatic carbocycles. The van der Waals surface area contributed by atoms with E-state index in [4.69, 9.17) is 0 Å². The predicted octanol–water partition coefficient (Wildman–Crippen LogP) is 2.50. The van der Waals surface area contributed by atoms with E-state index in [-0.39, 0.29) is 5.82 Å². The van der Waals surface area contributed by atoms with Crippen LogP contribution in [0.25, 0.3) is 10.6 Å². The molecule has 2 aromatic rings. The first kappa shape index (κ1) is 8.71. The molecule has 66 valence electrons. The second kappa shape index (κ2) is 3.47. The van der Waals surface area contributed by atoms with Gasteiger partial charge in [-0.05, 0) is 33.5 Å². The molecule has 2 aromatic heterocycles. The van der Waals surface area contributed by atoms with E-state index in [0.29, 0.717) is 15.3 Å². The van der Waals surface area contributed by atoms with Gasteiger partial charge in [-0.2, -0.15) is 4.37 Å². The lowest BCUT2D eigenvalue weighted by molar-refractivity contribution is 0.625. The van der Waals surface area contributed by atoms with Gasteiger partial charge in [-0.1, -0.05) is 0 Å². The molecule has 0 unspecified atom stereocenters. The Bertz CT molecular complexity index is 431. The highest BCUT2D eigenvalue weighted by atomic mass is 79.9. The van der Waals surface area contributed by atoms with Gasteiger partial charge in [0, 0.05) is 6.20 Å². The largest absolute Gasteiger partial charge is 0.262 e. The third-order valence-electron chi connectivity index (χ3n) is 1.40. The van der Waals surface area contributed by atoms with E-state index in [1.54, 1.807) is 6.07 Å². The number of pyridine rings is 1. The average Bonchev–Trinajstić information content (AvgIpc) is 2.53. The highest BCUT2D eigenvalue weighted by molar-refractivity contribution is 9.10. The van der Waals surface area contributed by atoms with E-state index in [9.17, 15) is 4.39 Å². The van der Waals surface area contributed by atoms with Crippen molar-refractivity contribution in [2.75, 3.05) is 0 Å². The van der Waals surface area contributed by atoms with Crippen LogP contribution in [0.1, 0.15) is 0 Å². The molecule has 0 aliphatic heterocycles. The summed E-state index contributed by atoms with van der Waals surface area (Å²) in [6, 6.07) is 1.57. The van der Waals surface area contributed by atoms with Crippen LogP contribution < -0.4 is 0 Å². The Hall–Kier alpha value is -0.880. The van der Waals surface area contributed by atoms with Crippen molar-refractivity contribution in [2.24, 2.45) is 0 Å². The van der Waals surface area contributed by atoms with Crippen LogP contribution in [0, 0.1) is 5.82 Å². The molecule has 6 heteroatoms. The Morgan fingerprint density at radius 2 is 2.31 bits per heavy atom. The van der Waals surface area contributed by atoms with E-state index >= 15 is 0 Å². The van der Waals surface area contributed by atoms with Crippen LogP contribution in [-0.4, -0.2) is 14.3 Å². The third kappa shape index (κ3) is 1.73. The molecule has 0 saturated heterocycles. The molecule has 0 amide bonds. The van der Waals surface area contributed by atoms with Gasteiger partial charge in [-0.25, -0.2) is 9.37 Å². The van der Waals surface area contributed by atoms with Crippen molar-refractivity contribution in [2.45, 2.75) is 0 Å². The monoisotopic (exact) mass is 259 g/mol. The molecule has 0 N–H and O–H groups in total. The van der Waals surface area contributed by atoms with Crippen LogP contribution in [0.4, 0.5) is 4.39 Å². The third-order valence-corrected chi connectivity index (χ3v) is 2.74. The average molecular weight is 260 g/mol. The van der Waals surface area contributed by atoms with Gasteiger partial charge < -0.3 is 0 Å². The van der Waals surface area contributed by atoms with Crippen molar-refractivity contribution >= 4 is 27.5 Å². The molecular weight excluding hydrogens is 257 g/mol. The fourth-order valence-electron chi connectivity index (χ4n) is 0.864. The minimum absolute atomic E-state index is 0.383. The van der Waals surface area contributed by atoms with E-state index < -0.39 is 0 Å². The lowest BCUT2D eigenvalue weighted by atomic mass is 10.3. The molecule has 0 saturated carbocycles. The van der Waals surface area contributed by atoms with Gasteiger partial charge in [0.05, 0.1) is 11.8 Å². The quantitative estimate of drug-likeness (QED) is 0.790. The van der Waals surface area contributed by atoms with Gasteiger partial charge in [0.2, 0.25) is 4.73 Å². The Morgan fingerprint density at radius 3 is 2.92 bits per heavy atom. The molecule has 2 heterocycles. The topological polar surface area (TPSA) is 38.7 Å². The molecule has 0 aliphatic carbocycles. The molecule has 0 aliphatic rings. The fraction of sp³-hybridized carbons (Fsp3) is 0. The first-order valence-corrected chi connectivity index (χ1v) is 4.93. The lowest BCUT2D eigenvalue weighted by Crippen LogP contribution is -1.83. The highest BCUT2D eigenvalue weighted by Gasteiger charge is 2.08. The SMILES string of the molecule is Fc1cnccc1-c1nc(Br)ns1. The maximum atomic E-state index is 13.1. The predicted molar refractivity (Wildman–Crippen MR) is 50.8 cm³/mol. The minimum atomic E-state index is -0.383. The Kier molecular flexibility index (Phi) is 2.32. The van der Waals surface area contributed by atoms with Gasteiger partial charge in [0.25, 0.3) is 0 Å². The first-order valence-electron chi connectivity index (χ1n) is 3.36. The fourth-order valence-corrected chi connectivity index (χ4v) is 1.97. The van der Waals surface area contributed by atoms with Crippen LogP contribution in [0.3, 0.4) is 0 Å². The van der Waals surface area contributed by atoms with Crippen molar-refractivity contribution in [3.05, 3.63) is 29.0 Å².